The average Bonchev–Trinajstić information content (AvgIpc) is 2.56. The molecule has 0 aromatic heterocycles. The maximum atomic E-state index is 12.1. The SMILES string of the molecule is CCCc1ccc(C2(C)NC(=O)N(C)C2=O)cc1. The minimum atomic E-state index is -0.934. The number of imide groups is 1. The first kappa shape index (κ1) is 12.6. The van der Waals surface area contributed by atoms with E-state index in [0.717, 1.165) is 23.3 Å². The molecular weight excluding hydrogens is 228 g/mol. The highest BCUT2D eigenvalue weighted by Gasteiger charge is 2.47. The van der Waals surface area contributed by atoms with E-state index < -0.39 is 5.54 Å². The van der Waals surface area contributed by atoms with E-state index >= 15 is 0 Å². The van der Waals surface area contributed by atoms with E-state index in [-0.39, 0.29) is 11.9 Å². The zero-order valence-electron chi connectivity index (χ0n) is 11.0. The highest BCUT2D eigenvalue weighted by molar-refractivity contribution is 6.06. The van der Waals surface area contributed by atoms with Crippen molar-refractivity contribution in [3.05, 3.63) is 35.4 Å². The first-order chi connectivity index (χ1) is 8.49. The van der Waals surface area contributed by atoms with Crippen LogP contribution in [0.2, 0.25) is 0 Å². The quantitative estimate of drug-likeness (QED) is 0.830. The van der Waals surface area contributed by atoms with Gasteiger partial charge in [-0.1, -0.05) is 37.6 Å². The molecule has 1 aliphatic rings. The Bertz CT molecular complexity index is 481. The molecule has 1 saturated heterocycles. The van der Waals surface area contributed by atoms with Crippen molar-refractivity contribution in [2.75, 3.05) is 7.05 Å². The predicted molar refractivity (Wildman–Crippen MR) is 69.1 cm³/mol. The molecule has 4 nitrogen and oxygen atoms in total. The first-order valence-corrected chi connectivity index (χ1v) is 6.18. The van der Waals surface area contributed by atoms with Gasteiger partial charge in [-0.2, -0.15) is 0 Å². The number of amides is 3. The fourth-order valence-corrected chi connectivity index (χ4v) is 2.27. The minimum absolute atomic E-state index is 0.212. The molecule has 1 aromatic rings. The van der Waals surface area contributed by atoms with Crippen LogP contribution in [0.15, 0.2) is 24.3 Å². The number of nitrogens with one attached hydrogen (secondary N) is 1. The van der Waals surface area contributed by atoms with E-state index in [4.69, 9.17) is 0 Å². The number of urea groups is 1. The van der Waals surface area contributed by atoms with Crippen LogP contribution >= 0.6 is 0 Å². The Balaban J connectivity index is 2.31. The van der Waals surface area contributed by atoms with Crippen molar-refractivity contribution in [1.82, 2.24) is 10.2 Å². The topological polar surface area (TPSA) is 49.4 Å². The molecule has 96 valence electrons. The standard InChI is InChI=1S/C14H18N2O2/c1-4-5-10-6-8-11(9-7-10)14(2)12(17)16(3)13(18)15-14/h6-9H,4-5H2,1-3H3,(H,15,18). The third-order valence-electron chi connectivity index (χ3n) is 3.46. The first-order valence-electron chi connectivity index (χ1n) is 6.18. The van der Waals surface area contributed by atoms with Gasteiger partial charge < -0.3 is 5.32 Å². The molecule has 1 heterocycles. The van der Waals surface area contributed by atoms with Crippen LogP contribution in [0.25, 0.3) is 0 Å². The number of rotatable bonds is 3. The lowest BCUT2D eigenvalue weighted by molar-refractivity contribution is -0.130. The minimum Gasteiger partial charge on any atom is -0.319 e. The van der Waals surface area contributed by atoms with Gasteiger partial charge in [0.1, 0.15) is 5.54 Å². The van der Waals surface area contributed by atoms with Gasteiger partial charge in [0, 0.05) is 7.05 Å². The third-order valence-corrected chi connectivity index (χ3v) is 3.46. The lowest BCUT2D eigenvalue weighted by Crippen LogP contribution is -2.40. The monoisotopic (exact) mass is 246 g/mol. The summed E-state index contributed by atoms with van der Waals surface area (Å²) in [6, 6.07) is 7.52. The van der Waals surface area contributed by atoms with Crippen LogP contribution in [-0.4, -0.2) is 23.9 Å². The largest absolute Gasteiger partial charge is 0.325 e. The molecule has 0 aliphatic carbocycles. The fourth-order valence-electron chi connectivity index (χ4n) is 2.27. The summed E-state index contributed by atoms with van der Waals surface area (Å²) >= 11 is 0. The Morgan fingerprint density at radius 2 is 1.83 bits per heavy atom. The number of hydrogen-bond acceptors (Lipinski definition) is 2. The third kappa shape index (κ3) is 1.88. The van der Waals surface area contributed by atoms with Gasteiger partial charge in [0.2, 0.25) is 0 Å². The zero-order valence-corrected chi connectivity index (χ0v) is 11.0. The number of nitrogens with zero attached hydrogens (tertiary/aromatic N) is 1. The second-order valence-electron chi connectivity index (χ2n) is 4.87. The van der Waals surface area contributed by atoms with Gasteiger partial charge in [-0.3, -0.25) is 9.69 Å². The summed E-state index contributed by atoms with van der Waals surface area (Å²) in [5, 5.41) is 2.73. The number of carbonyl (C=O) groups excluding carboxylic acids is 2. The molecule has 0 spiro atoms. The molecule has 0 radical (unpaired) electrons. The lowest BCUT2D eigenvalue weighted by atomic mass is 9.91. The molecule has 1 unspecified atom stereocenters. The van der Waals surface area contributed by atoms with Crippen molar-refractivity contribution in [2.24, 2.45) is 0 Å². The highest BCUT2D eigenvalue weighted by Crippen LogP contribution is 2.28. The van der Waals surface area contributed by atoms with Gasteiger partial charge in [0.05, 0.1) is 0 Å². The molecular formula is C14H18N2O2. The summed E-state index contributed by atoms with van der Waals surface area (Å²) < 4.78 is 0. The van der Waals surface area contributed by atoms with E-state index in [1.807, 2.05) is 24.3 Å². The molecule has 1 aliphatic heterocycles. The Hall–Kier alpha value is -1.84. The molecule has 1 aromatic carbocycles. The number of likely N-dealkylation sites (N-methyl/N-ethyl adjacent to an activating group) is 1. The zero-order chi connectivity index (χ0) is 13.3. The molecule has 0 bridgehead atoms. The van der Waals surface area contributed by atoms with Crippen LogP contribution in [0, 0.1) is 0 Å². The summed E-state index contributed by atoms with van der Waals surface area (Å²) in [6.45, 7) is 3.87. The van der Waals surface area contributed by atoms with E-state index in [0.29, 0.717) is 0 Å². The fraction of sp³-hybridized carbons (Fsp3) is 0.429. The molecule has 4 heteroatoms. The maximum absolute atomic E-state index is 12.1. The Kier molecular flexibility index (Phi) is 3.11. The van der Waals surface area contributed by atoms with Crippen molar-refractivity contribution < 1.29 is 9.59 Å². The van der Waals surface area contributed by atoms with Crippen molar-refractivity contribution >= 4 is 11.9 Å². The van der Waals surface area contributed by atoms with E-state index in [1.165, 1.54) is 12.6 Å². The number of hydrogen-bond donors (Lipinski definition) is 1. The van der Waals surface area contributed by atoms with Gasteiger partial charge in [0.15, 0.2) is 0 Å². The van der Waals surface area contributed by atoms with Crippen molar-refractivity contribution in [3.8, 4) is 0 Å². The molecule has 1 fully saturated rings. The van der Waals surface area contributed by atoms with Crippen LogP contribution < -0.4 is 5.32 Å². The summed E-state index contributed by atoms with van der Waals surface area (Å²) in [5.41, 5.74) is 1.14. The second kappa shape index (κ2) is 4.44. The summed E-state index contributed by atoms with van der Waals surface area (Å²) in [6.07, 6.45) is 2.12. The number of carbonyl (C=O) groups is 2. The summed E-state index contributed by atoms with van der Waals surface area (Å²) in [5.74, 6) is -0.212. The van der Waals surface area contributed by atoms with Gasteiger partial charge in [-0.25, -0.2) is 4.79 Å². The Morgan fingerprint density at radius 3 is 2.28 bits per heavy atom. The molecule has 1 N–H and O–H groups in total. The van der Waals surface area contributed by atoms with Crippen LogP contribution in [0.1, 0.15) is 31.4 Å². The van der Waals surface area contributed by atoms with Crippen LogP contribution in [-0.2, 0) is 16.8 Å². The van der Waals surface area contributed by atoms with Gasteiger partial charge in [0.25, 0.3) is 5.91 Å². The van der Waals surface area contributed by atoms with Gasteiger partial charge >= 0.3 is 6.03 Å². The molecule has 0 saturated carbocycles. The maximum Gasteiger partial charge on any atom is 0.325 e. The second-order valence-corrected chi connectivity index (χ2v) is 4.87. The predicted octanol–water partition coefficient (Wildman–Crippen LogP) is 2.04. The summed E-state index contributed by atoms with van der Waals surface area (Å²) in [4.78, 5) is 24.8. The van der Waals surface area contributed by atoms with Crippen LogP contribution in [0.5, 0.6) is 0 Å². The van der Waals surface area contributed by atoms with Crippen molar-refractivity contribution in [2.45, 2.75) is 32.2 Å². The van der Waals surface area contributed by atoms with E-state index in [9.17, 15) is 9.59 Å². The van der Waals surface area contributed by atoms with Crippen LogP contribution in [0.4, 0.5) is 4.79 Å². The Labute approximate surface area is 107 Å². The Morgan fingerprint density at radius 1 is 1.22 bits per heavy atom. The van der Waals surface area contributed by atoms with Crippen molar-refractivity contribution in [3.63, 3.8) is 0 Å². The molecule has 3 amide bonds. The smallest absolute Gasteiger partial charge is 0.319 e. The van der Waals surface area contributed by atoms with E-state index in [1.54, 1.807) is 6.92 Å². The molecule has 1 atom stereocenters. The highest BCUT2D eigenvalue weighted by atomic mass is 16.2. The lowest BCUT2D eigenvalue weighted by Gasteiger charge is -2.21. The number of benzene rings is 1. The summed E-state index contributed by atoms with van der Waals surface area (Å²) in [7, 11) is 1.49. The normalized spacial score (nSPS) is 23.4. The van der Waals surface area contributed by atoms with Gasteiger partial charge in [-0.15, -0.1) is 0 Å². The number of aryl methyl sites for hydroxylation is 1. The van der Waals surface area contributed by atoms with Crippen molar-refractivity contribution in [1.29, 1.82) is 0 Å². The van der Waals surface area contributed by atoms with Gasteiger partial charge in [-0.05, 0) is 24.5 Å². The average molecular weight is 246 g/mol. The van der Waals surface area contributed by atoms with E-state index in [2.05, 4.69) is 12.2 Å². The molecule has 18 heavy (non-hydrogen) atoms. The molecule has 2 rings (SSSR count). The van der Waals surface area contributed by atoms with Crippen LogP contribution in [0.3, 0.4) is 0 Å².